The summed E-state index contributed by atoms with van der Waals surface area (Å²) in [6.45, 7) is 8.92. The van der Waals surface area contributed by atoms with E-state index in [0.717, 1.165) is 0 Å². The van der Waals surface area contributed by atoms with Gasteiger partial charge < -0.3 is 4.74 Å². The summed E-state index contributed by atoms with van der Waals surface area (Å²) in [5.41, 5.74) is 0.544. The van der Waals surface area contributed by atoms with E-state index in [0.29, 0.717) is 18.4 Å². The minimum Gasteiger partial charge on any atom is -0.465 e. The zero-order valence-corrected chi connectivity index (χ0v) is 11.0. The Kier molecular flexibility index (Phi) is 5.80. The highest BCUT2D eigenvalue weighted by Gasteiger charge is 2.25. The number of hydrogen-bond donors (Lipinski definition) is 0. The SMILES string of the molecule is C=C(C)C(=O)CCCOC(=O)C(C)(C)Br. The molecule has 15 heavy (non-hydrogen) atoms. The van der Waals surface area contributed by atoms with Gasteiger partial charge in [-0.2, -0.15) is 0 Å². The molecule has 0 saturated carbocycles. The Balaban J connectivity index is 3.69. The number of Topliss-reactive ketones (excluding diaryl/α,β-unsaturated/α-hetero) is 1. The molecule has 0 radical (unpaired) electrons. The van der Waals surface area contributed by atoms with Gasteiger partial charge in [-0.05, 0) is 32.8 Å². The van der Waals surface area contributed by atoms with E-state index in [2.05, 4.69) is 22.5 Å². The lowest BCUT2D eigenvalue weighted by molar-refractivity contribution is -0.145. The Morgan fingerprint density at radius 3 is 2.33 bits per heavy atom. The van der Waals surface area contributed by atoms with Crippen molar-refractivity contribution in [1.29, 1.82) is 0 Å². The van der Waals surface area contributed by atoms with Gasteiger partial charge in [0.1, 0.15) is 4.32 Å². The quantitative estimate of drug-likeness (QED) is 0.324. The first kappa shape index (κ1) is 14.4. The first-order chi connectivity index (χ1) is 6.75. The van der Waals surface area contributed by atoms with Crippen LogP contribution < -0.4 is 0 Å². The molecule has 0 heterocycles. The number of rotatable bonds is 6. The molecule has 0 aliphatic rings. The van der Waals surface area contributed by atoms with Crippen LogP contribution in [0.3, 0.4) is 0 Å². The molecule has 0 atom stereocenters. The molecule has 0 aliphatic heterocycles. The van der Waals surface area contributed by atoms with Gasteiger partial charge in [-0.1, -0.05) is 22.5 Å². The van der Waals surface area contributed by atoms with Crippen molar-refractivity contribution in [3.05, 3.63) is 12.2 Å². The molecule has 0 aromatic heterocycles. The monoisotopic (exact) mass is 276 g/mol. The van der Waals surface area contributed by atoms with Crippen molar-refractivity contribution in [2.24, 2.45) is 0 Å². The fourth-order valence-electron chi connectivity index (χ4n) is 0.783. The van der Waals surface area contributed by atoms with Crippen molar-refractivity contribution in [3.63, 3.8) is 0 Å². The third kappa shape index (κ3) is 6.44. The maximum Gasteiger partial charge on any atom is 0.322 e. The molecule has 0 rings (SSSR count). The lowest BCUT2D eigenvalue weighted by Crippen LogP contribution is -2.27. The van der Waals surface area contributed by atoms with Crippen LogP contribution in [-0.4, -0.2) is 22.7 Å². The molecule has 0 bridgehead atoms. The van der Waals surface area contributed by atoms with Crippen molar-refractivity contribution in [2.45, 2.75) is 37.9 Å². The van der Waals surface area contributed by atoms with Gasteiger partial charge in [0.25, 0.3) is 0 Å². The summed E-state index contributed by atoms with van der Waals surface area (Å²) in [5.74, 6) is -0.297. The zero-order valence-electron chi connectivity index (χ0n) is 9.43. The molecule has 0 unspecified atom stereocenters. The van der Waals surface area contributed by atoms with E-state index in [1.54, 1.807) is 20.8 Å². The Hall–Kier alpha value is -0.640. The first-order valence-corrected chi connectivity index (χ1v) is 5.59. The van der Waals surface area contributed by atoms with Crippen LogP contribution in [0.4, 0.5) is 0 Å². The van der Waals surface area contributed by atoms with E-state index in [1.807, 2.05) is 0 Å². The second-order valence-corrected chi connectivity index (χ2v) is 5.90. The number of ether oxygens (including phenoxy) is 1. The van der Waals surface area contributed by atoms with Gasteiger partial charge in [-0.15, -0.1) is 0 Å². The molecule has 0 saturated heterocycles. The number of esters is 1. The fraction of sp³-hybridized carbons (Fsp3) is 0.636. The second kappa shape index (κ2) is 6.05. The third-order valence-electron chi connectivity index (χ3n) is 1.74. The Labute approximate surface area is 99.0 Å². The maximum atomic E-state index is 11.3. The van der Waals surface area contributed by atoms with E-state index in [-0.39, 0.29) is 18.4 Å². The van der Waals surface area contributed by atoms with E-state index in [9.17, 15) is 9.59 Å². The summed E-state index contributed by atoms with van der Waals surface area (Å²) < 4.78 is 4.31. The average Bonchev–Trinajstić information content (AvgIpc) is 2.09. The van der Waals surface area contributed by atoms with E-state index >= 15 is 0 Å². The fourth-order valence-corrected chi connectivity index (χ4v) is 0.897. The molecule has 0 aliphatic carbocycles. The van der Waals surface area contributed by atoms with Gasteiger partial charge in [0.05, 0.1) is 6.61 Å². The smallest absolute Gasteiger partial charge is 0.322 e. The average molecular weight is 277 g/mol. The molecule has 4 heteroatoms. The van der Waals surface area contributed by atoms with Crippen LogP contribution in [0.2, 0.25) is 0 Å². The molecule has 0 fully saturated rings. The molecular formula is C11H17BrO3. The number of carbonyl (C=O) groups excluding carboxylic acids is 2. The van der Waals surface area contributed by atoms with Crippen molar-refractivity contribution in [3.8, 4) is 0 Å². The van der Waals surface area contributed by atoms with Crippen LogP contribution in [-0.2, 0) is 14.3 Å². The van der Waals surface area contributed by atoms with Gasteiger partial charge >= 0.3 is 5.97 Å². The number of carbonyl (C=O) groups is 2. The molecule has 0 spiro atoms. The topological polar surface area (TPSA) is 43.4 Å². The molecule has 0 aromatic rings. The van der Waals surface area contributed by atoms with Crippen LogP contribution in [0.5, 0.6) is 0 Å². The van der Waals surface area contributed by atoms with Crippen LogP contribution in [0, 0.1) is 0 Å². The molecule has 0 amide bonds. The summed E-state index contributed by atoms with van der Waals surface area (Å²) >= 11 is 3.19. The molecule has 3 nitrogen and oxygen atoms in total. The van der Waals surface area contributed by atoms with Crippen molar-refractivity contribution in [2.75, 3.05) is 6.61 Å². The predicted octanol–water partition coefficient (Wildman–Crippen LogP) is 2.63. The lowest BCUT2D eigenvalue weighted by Gasteiger charge is -2.14. The third-order valence-corrected chi connectivity index (χ3v) is 2.07. The van der Waals surface area contributed by atoms with Gasteiger partial charge in [0.2, 0.25) is 0 Å². The minimum absolute atomic E-state index is 0.0177. The zero-order chi connectivity index (χ0) is 12.1. The molecule has 0 N–H and O–H groups in total. The highest BCUT2D eigenvalue weighted by Crippen LogP contribution is 2.17. The maximum absolute atomic E-state index is 11.3. The van der Waals surface area contributed by atoms with Gasteiger partial charge in [-0.25, -0.2) is 0 Å². The van der Waals surface area contributed by atoms with Gasteiger partial charge in [-0.3, -0.25) is 9.59 Å². The van der Waals surface area contributed by atoms with Crippen molar-refractivity contribution < 1.29 is 14.3 Å². The van der Waals surface area contributed by atoms with E-state index in [1.165, 1.54) is 0 Å². The Bertz CT molecular complexity index is 263. The first-order valence-electron chi connectivity index (χ1n) is 4.80. The number of halogens is 1. The van der Waals surface area contributed by atoms with Crippen LogP contribution in [0.25, 0.3) is 0 Å². The van der Waals surface area contributed by atoms with Crippen molar-refractivity contribution in [1.82, 2.24) is 0 Å². The van der Waals surface area contributed by atoms with Gasteiger partial charge in [0.15, 0.2) is 5.78 Å². The highest BCUT2D eigenvalue weighted by molar-refractivity contribution is 9.10. The van der Waals surface area contributed by atoms with Gasteiger partial charge in [0, 0.05) is 6.42 Å². The van der Waals surface area contributed by atoms with Crippen molar-refractivity contribution >= 4 is 27.7 Å². The predicted molar refractivity (Wildman–Crippen MR) is 63.0 cm³/mol. The normalized spacial score (nSPS) is 10.9. The number of alkyl halides is 1. The summed E-state index contributed by atoms with van der Waals surface area (Å²) in [6.07, 6.45) is 0.922. The second-order valence-electron chi connectivity index (χ2n) is 3.92. The summed E-state index contributed by atoms with van der Waals surface area (Å²) in [4.78, 5) is 22.4. The standard InChI is InChI=1S/C11H17BrO3/c1-8(2)9(13)6-5-7-15-10(14)11(3,4)12/h1,5-7H2,2-4H3. The molecule has 0 aromatic carbocycles. The number of allylic oxidation sites excluding steroid dienone is 1. The lowest BCUT2D eigenvalue weighted by atomic mass is 10.1. The van der Waals surface area contributed by atoms with E-state index < -0.39 is 4.32 Å². The molecule has 86 valence electrons. The van der Waals surface area contributed by atoms with E-state index in [4.69, 9.17) is 4.74 Å². The number of hydrogen-bond acceptors (Lipinski definition) is 3. The molecular weight excluding hydrogens is 260 g/mol. The summed E-state index contributed by atoms with van der Waals surface area (Å²) in [5, 5.41) is 0. The summed E-state index contributed by atoms with van der Waals surface area (Å²) in [7, 11) is 0. The van der Waals surface area contributed by atoms with Crippen LogP contribution in [0.1, 0.15) is 33.6 Å². The largest absolute Gasteiger partial charge is 0.465 e. The van der Waals surface area contributed by atoms with Crippen LogP contribution in [0.15, 0.2) is 12.2 Å². The minimum atomic E-state index is -0.661. The summed E-state index contributed by atoms with van der Waals surface area (Å²) in [6, 6.07) is 0. The van der Waals surface area contributed by atoms with Crippen LogP contribution >= 0.6 is 15.9 Å². The Morgan fingerprint density at radius 1 is 1.40 bits per heavy atom. The number of ketones is 1. The highest BCUT2D eigenvalue weighted by atomic mass is 79.9. The Morgan fingerprint density at radius 2 is 1.93 bits per heavy atom.